The maximum Gasteiger partial charge on any atom is 0.136 e. The summed E-state index contributed by atoms with van der Waals surface area (Å²) >= 11 is 0. The minimum atomic E-state index is 0.0189. The van der Waals surface area contributed by atoms with Gasteiger partial charge in [0.05, 0.1) is 0 Å². The van der Waals surface area contributed by atoms with Gasteiger partial charge in [-0.3, -0.25) is 0 Å². The summed E-state index contributed by atoms with van der Waals surface area (Å²) in [4.78, 5) is 0. The number of rotatable bonds is 5. The van der Waals surface area contributed by atoms with Crippen LogP contribution in [0.5, 0.6) is 0 Å². The monoisotopic (exact) mass is 700 g/mol. The Bertz CT molecular complexity index is 2900. The fourth-order valence-corrected chi connectivity index (χ4v) is 8.18. The van der Waals surface area contributed by atoms with Gasteiger partial charge in [-0.05, 0) is 114 Å². The third kappa shape index (κ3) is 5.48. The van der Waals surface area contributed by atoms with E-state index in [-0.39, 0.29) is 5.41 Å². The maximum atomic E-state index is 6.64. The molecule has 2 nitrogen and oxygen atoms in total. The second kappa shape index (κ2) is 13.1. The molecule has 0 aliphatic rings. The molecule has 2 aromatic heterocycles. The minimum absolute atomic E-state index is 0.0189. The van der Waals surface area contributed by atoms with Crippen molar-refractivity contribution in [2.75, 3.05) is 0 Å². The fraction of sp³-hybridized carbons (Fsp3) is 0.154. The van der Waals surface area contributed by atoms with Crippen molar-refractivity contribution in [1.82, 2.24) is 0 Å². The van der Waals surface area contributed by atoms with Gasteiger partial charge in [-0.15, -0.1) is 0 Å². The van der Waals surface area contributed by atoms with Crippen molar-refractivity contribution in [3.05, 3.63) is 157 Å². The lowest BCUT2D eigenvalue weighted by Gasteiger charge is -2.22. The molecule has 0 atom stereocenters. The van der Waals surface area contributed by atoms with Gasteiger partial charge >= 0.3 is 0 Å². The Balaban J connectivity index is 0.00000189. The van der Waals surface area contributed by atoms with E-state index in [4.69, 9.17) is 8.83 Å². The molecule has 10 aromatic rings. The summed E-state index contributed by atoms with van der Waals surface area (Å²) in [5.74, 6) is 1.75. The molecule has 0 aliphatic carbocycles. The van der Waals surface area contributed by atoms with E-state index in [1.54, 1.807) is 0 Å². The second-order valence-electron chi connectivity index (χ2n) is 15.2. The molecule has 54 heavy (non-hydrogen) atoms. The predicted molar refractivity (Wildman–Crippen MR) is 231 cm³/mol. The van der Waals surface area contributed by atoms with Gasteiger partial charge in [-0.25, -0.2) is 0 Å². The van der Waals surface area contributed by atoms with Crippen molar-refractivity contribution in [1.29, 1.82) is 0 Å². The molecule has 10 rings (SSSR count). The third-order valence-corrected chi connectivity index (χ3v) is 11.0. The molecule has 0 amide bonds. The van der Waals surface area contributed by atoms with Crippen LogP contribution in [0, 0.1) is 0 Å². The van der Waals surface area contributed by atoms with E-state index in [2.05, 4.69) is 161 Å². The summed E-state index contributed by atoms with van der Waals surface area (Å²) in [6.07, 6.45) is 1.01. The number of para-hydroxylation sites is 2. The van der Waals surface area contributed by atoms with E-state index in [0.717, 1.165) is 51.0 Å². The van der Waals surface area contributed by atoms with Crippen LogP contribution in [0.3, 0.4) is 0 Å². The minimum Gasteiger partial charge on any atom is -0.456 e. The highest BCUT2D eigenvalue weighted by Crippen LogP contribution is 2.49. The SMILES string of the molecule is CC.CCc1ccc(-c2cc(-c3cc4ccccc4o3)c3ccc4c(-c5cccc(C(C)(C)C)c5)cc(-c5cc6ccccc6o5)c5ccc2c3c45)cc1. The van der Waals surface area contributed by atoms with E-state index in [0.29, 0.717) is 0 Å². The predicted octanol–water partition coefficient (Wildman–Crippen LogP) is 15.6. The Morgan fingerprint density at radius 3 is 1.41 bits per heavy atom. The summed E-state index contributed by atoms with van der Waals surface area (Å²) in [6, 6.07) is 53.1. The number of fused-ring (bicyclic) bond motifs is 2. The average Bonchev–Trinajstić information content (AvgIpc) is 3.85. The van der Waals surface area contributed by atoms with Gasteiger partial charge in [0.2, 0.25) is 0 Å². The van der Waals surface area contributed by atoms with Crippen LogP contribution in [0.4, 0.5) is 0 Å². The van der Waals surface area contributed by atoms with Gasteiger partial charge in [-0.1, -0.05) is 151 Å². The number of furan rings is 2. The van der Waals surface area contributed by atoms with Crippen LogP contribution in [-0.2, 0) is 11.8 Å². The van der Waals surface area contributed by atoms with Crippen LogP contribution in [0.25, 0.3) is 99.2 Å². The standard InChI is InChI=1S/C50H38O2.C2H6/c1-5-30-17-19-31(20-18-30)40-28-42(46-26-33-11-6-8-15-44(33)51-46)38-24-22-37-41(32-13-10-14-35(25-32)50(2,3)4)29-43(39-23-21-36(40)48(38)49(37)39)47-27-34-12-7-9-16-45(34)52-47;1-2/h6-29H,5H2,1-4H3;1-2H3. The van der Waals surface area contributed by atoms with Crippen molar-refractivity contribution in [2.24, 2.45) is 0 Å². The molecule has 0 saturated heterocycles. The highest BCUT2D eigenvalue weighted by molar-refractivity contribution is 6.31. The number of aryl methyl sites for hydroxylation is 1. The van der Waals surface area contributed by atoms with E-state index in [1.807, 2.05) is 26.0 Å². The first-order valence-corrected chi connectivity index (χ1v) is 19.3. The third-order valence-electron chi connectivity index (χ3n) is 11.0. The second-order valence-corrected chi connectivity index (χ2v) is 15.2. The molecule has 8 aromatic carbocycles. The fourth-order valence-electron chi connectivity index (χ4n) is 8.18. The van der Waals surface area contributed by atoms with Crippen molar-refractivity contribution >= 4 is 54.3 Å². The van der Waals surface area contributed by atoms with E-state index in [9.17, 15) is 0 Å². The highest BCUT2D eigenvalue weighted by atomic mass is 16.3. The lowest BCUT2D eigenvalue weighted by atomic mass is 9.81. The summed E-state index contributed by atoms with van der Waals surface area (Å²) in [5.41, 5.74) is 11.4. The van der Waals surface area contributed by atoms with E-state index < -0.39 is 0 Å². The molecule has 0 fully saturated rings. The first-order valence-electron chi connectivity index (χ1n) is 19.3. The average molecular weight is 701 g/mol. The van der Waals surface area contributed by atoms with Gasteiger partial charge in [0, 0.05) is 21.9 Å². The Kier molecular flexibility index (Phi) is 8.16. The zero-order chi connectivity index (χ0) is 37.1. The van der Waals surface area contributed by atoms with Crippen molar-refractivity contribution in [2.45, 2.75) is 53.4 Å². The van der Waals surface area contributed by atoms with Crippen LogP contribution < -0.4 is 0 Å². The molecule has 2 heteroatoms. The van der Waals surface area contributed by atoms with Gasteiger partial charge in [-0.2, -0.15) is 0 Å². The van der Waals surface area contributed by atoms with Crippen molar-refractivity contribution in [3.8, 4) is 44.9 Å². The number of benzene rings is 8. The molecular weight excluding hydrogens is 657 g/mol. The van der Waals surface area contributed by atoms with Crippen LogP contribution in [0.2, 0.25) is 0 Å². The Hall–Kier alpha value is -6.12. The lowest BCUT2D eigenvalue weighted by Crippen LogP contribution is -2.10. The number of hydrogen-bond donors (Lipinski definition) is 0. The quantitative estimate of drug-likeness (QED) is 0.167. The molecule has 2 heterocycles. The van der Waals surface area contributed by atoms with Gasteiger partial charge < -0.3 is 8.83 Å². The first kappa shape index (κ1) is 33.7. The van der Waals surface area contributed by atoms with Crippen LogP contribution in [0.1, 0.15) is 52.7 Å². The van der Waals surface area contributed by atoms with E-state index in [1.165, 1.54) is 65.7 Å². The van der Waals surface area contributed by atoms with Crippen LogP contribution in [0.15, 0.2) is 154 Å². The smallest absolute Gasteiger partial charge is 0.136 e. The largest absolute Gasteiger partial charge is 0.456 e. The van der Waals surface area contributed by atoms with Gasteiger partial charge in [0.25, 0.3) is 0 Å². The Morgan fingerprint density at radius 2 is 0.926 bits per heavy atom. The first-order chi connectivity index (χ1) is 26.3. The zero-order valence-electron chi connectivity index (χ0n) is 31.9. The molecule has 264 valence electrons. The van der Waals surface area contributed by atoms with Gasteiger partial charge in [0.1, 0.15) is 22.7 Å². The molecule has 0 unspecified atom stereocenters. The lowest BCUT2D eigenvalue weighted by molar-refractivity contribution is 0.590. The summed E-state index contributed by atoms with van der Waals surface area (Å²) in [7, 11) is 0. The maximum absolute atomic E-state index is 6.64. The molecule has 0 N–H and O–H groups in total. The molecule has 0 radical (unpaired) electrons. The summed E-state index contributed by atoms with van der Waals surface area (Å²) < 4.78 is 13.3. The van der Waals surface area contributed by atoms with Crippen LogP contribution in [-0.4, -0.2) is 0 Å². The molecular formula is C52H44O2. The Labute approximate surface area is 317 Å². The van der Waals surface area contributed by atoms with Crippen LogP contribution >= 0.6 is 0 Å². The molecule has 0 bridgehead atoms. The van der Waals surface area contributed by atoms with Crippen molar-refractivity contribution in [3.63, 3.8) is 0 Å². The Morgan fingerprint density at radius 1 is 0.444 bits per heavy atom. The van der Waals surface area contributed by atoms with Crippen molar-refractivity contribution < 1.29 is 8.83 Å². The summed E-state index contributed by atoms with van der Waals surface area (Å²) in [5, 5.41) is 9.51. The molecule has 0 aliphatic heterocycles. The van der Waals surface area contributed by atoms with Gasteiger partial charge in [0.15, 0.2) is 0 Å². The highest BCUT2D eigenvalue weighted by Gasteiger charge is 2.24. The molecule has 0 saturated carbocycles. The topological polar surface area (TPSA) is 26.3 Å². The summed E-state index contributed by atoms with van der Waals surface area (Å²) in [6.45, 7) is 13.1. The molecule has 0 spiro atoms. The zero-order valence-corrected chi connectivity index (χ0v) is 31.9. The number of hydrogen-bond acceptors (Lipinski definition) is 2. The van der Waals surface area contributed by atoms with E-state index >= 15 is 0 Å². The normalized spacial score (nSPS) is 12.0.